The minimum Gasteiger partial charge on any atom is -0.324 e. The number of para-hydroxylation sites is 1. The number of nitrogens with one attached hydrogen (secondary N) is 1. The highest BCUT2D eigenvalue weighted by atomic mass is 32.2. The summed E-state index contributed by atoms with van der Waals surface area (Å²) in [7, 11) is -3.81. The van der Waals surface area contributed by atoms with Gasteiger partial charge in [-0.05, 0) is 64.8 Å². The quantitative estimate of drug-likeness (QED) is 0.454. The van der Waals surface area contributed by atoms with E-state index in [4.69, 9.17) is 0 Å². The number of nitrogens with zero attached hydrogens (tertiary/aromatic N) is 1. The van der Waals surface area contributed by atoms with Gasteiger partial charge in [0.25, 0.3) is 5.56 Å². The fourth-order valence-electron chi connectivity index (χ4n) is 5.18. The number of hydrogen-bond acceptors (Lipinski definition) is 4. The molecule has 0 saturated heterocycles. The van der Waals surface area contributed by atoms with Crippen molar-refractivity contribution in [2.24, 2.45) is 0 Å². The molecule has 1 aromatic heterocycles. The zero-order valence-electron chi connectivity index (χ0n) is 19.0. The van der Waals surface area contributed by atoms with Crippen LogP contribution in [0.1, 0.15) is 41.5 Å². The van der Waals surface area contributed by atoms with E-state index in [0.29, 0.717) is 17.7 Å². The Morgan fingerprint density at radius 2 is 1.63 bits per heavy atom. The molecule has 1 saturated carbocycles. The van der Waals surface area contributed by atoms with Gasteiger partial charge in [-0.25, -0.2) is 8.42 Å². The Hall–Kier alpha value is -3.71. The summed E-state index contributed by atoms with van der Waals surface area (Å²) < 4.78 is 28.0. The van der Waals surface area contributed by atoms with Crippen molar-refractivity contribution < 1.29 is 13.2 Å². The molecular weight excluding hydrogens is 460 g/mol. The lowest BCUT2D eigenvalue weighted by Crippen LogP contribution is -2.33. The van der Waals surface area contributed by atoms with Gasteiger partial charge in [-0.1, -0.05) is 60.7 Å². The molecule has 1 aliphatic heterocycles. The predicted octanol–water partition coefficient (Wildman–Crippen LogP) is 4.44. The average molecular weight is 485 g/mol. The SMILES string of the molecule is O=C(Nc1ccccc1)C1CS(=O)(=O)c2c(C3CC3)c(Cc3cccc4ccccc34)cc(=O)n21. The van der Waals surface area contributed by atoms with Crippen molar-refractivity contribution in [3.63, 3.8) is 0 Å². The lowest BCUT2D eigenvalue weighted by atomic mass is 9.95. The zero-order valence-corrected chi connectivity index (χ0v) is 19.8. The Kier molecular flexibility index (Phi) is 5.11. The summed E-state index contributed by atoms with van der Waals surface area (Å²) in [5, 5.41) is 4.99. The third-order valence-corrected chi connectivity index (χ3v) is 8.66. The highest BCUT2D eigenvalue weighted by molar-refractivity contribution is 7.91. The molecular formula is C28H24N2O4S. The lowest BCUT2D eigenvalue weighted by Gasteiger charge is -2.18. The molecule has 6 nitrogen and oxygen atoms in total. The highest BCUT2D eigenvalue weighted by Gasteiger charge is 2.45. The Labute approximate surface area is 203 Å². The van der Waals surface area contributed by atoms with Gasteiger partial charge in [0.1, 0.15) is 11.1 Å². The number of carbonyl (C=O) groups is 1. The monoisotopic (exact) mass is 484 g/mol. The number of hydrogen-bond donors (Lipinski definition) is 1. The molecule has 1 unspecified atom stereocenters. The first-order chi connectivity index (χ1) is 16.9. The average Bonchev–Trinajstić information content (AvgIpc) is 3.64. The summed E-state index contributed by atoms with van der Waals surface area (Å²) in [6.45, 7) is 0. The van der Waals surface area contributed by atoms with Crippen LogP contribution in [0, 0.1) is 0 Å². The molecule has 7 heteroatoms. The maximum Gasteiger partial charge on any atom is 0.252 e. The van der Waals surface area contributed by atoms with Gasteiger partial charge in [-0.2, -0.15) is 0 Å². The fourth-order valence-corrected chi connectivity index (χ4v) is 7.21. The summed E-state index contributed by atoms with van der Waals surface area (Å²) in [4.78, 5) is 26.5. The van der Waals surface area contributed by atoms with E-state index in [0.717, 1.165) is 34.7 Å². The van der Waals surface area contributed by atoms with Gasteiger partial charge in [-0.15, -0.1) is 0 Å². The molecule has 1 atom stereocenters. The van der Waals surface area contributed by atoms with Gasteiger partial charge in [0.15, 0.2) is 9.84 Å². The number of amides is 1. The molecule has 1 amide bonds. The Bertz CT molecular complexity index is 1630. The van der Waals surface area contributed by atoms with E-state index in [9.17, 15) is 18.0 Å². The predicted molar refractivity (Wildman–Crippen MR) is 136 cm³/mol. The van der Waals surface area contributed by atoms with E-state index in [1.807, 2.05) is 48.5 Å². The molecule has 2 aliphatic rings. The molecule has 2 heterocycles. The van der Waals surface area contributed by atoms with E-state index in [1.165, 1.54) is 4.57 Å². The van der Waals surface area contributed by atoms with Crippen molar-refractivity contribution in [2.75, 3.05) is 11.1 Å². The largest absolute Gasteiger partial charge is 0.324 e. The van der Waals surface area contributed by atoms with E-state index in [1.54, 1.807) is 30.3 Å². The first-order valence-corrected chi connectivity index (χ1v) is 13.4. The van der Waals surface area contributed by atoms with Crippen molar-refractivity contribution >= 4 is 32.2 Å². The van der Waals surface area contributed by atoms with Gasteiger partial charge >= 0.3 is 0 Å². The first-order valence-electron chi connectivity index (χ1n) is 11.8. The van der Waals surface area contributed by atoms with Crippen LogP contribution in [0.15, 0.2) is 88.7 Å². The number of pyridine rings is 1. The van der Waals surface area contributed by atoms with Crippen molar-refractivity contribution in [3.05, 3.63) is 106 Å². The van der Waals surface area contributed by atoms with Crippen LogP contribution < -0.4 is 10.9 Å². The van der Waals surface area contributed by atoms with Gasteiger partial charge in [0.05, 0.1) is 5.75 Å². The minimum absolute atomic E-state index is 0.0379. The van der Waals surface area contributed by atoms with E-state index >= 15 is 0 Å². The van der Waals surface area contributed by atoms with Crippen LogP contribution in [0.5, 0.6) is 0 Å². The van der Waals surface area contributed by atoms with E-state index in [-0.39, 0.29) is 10.9 Å². The minimum atomic E-state index is -3.81. The van der Waals surface area contributed by atoms with Gasteiger partial charge < -0.3 is 5.32 Å². The first kappa shape index (κ1) is 21.8. The summed E-state index contributed by atoms with van der Waals surface area (Å²) in [5.41, 5.74) is 2.61. The third-order valence-electron chi connectivity index (χ3n) is 6.90. The molecule has 6 rings (SSSR count). The van der Waals surface area contributed by atoms with Crippen LogP contribution in [0.4, 0.5) is 5.69 Å². The normalized spacial score (nSPS) is 18.3. The fraction of sp³-hybridized carbons (Fsp3) is 0.214. The molecule has 1 N–H and O–H groups in total. The number of aromatic nitrogens is 1. The molecule has 4 aromatic rings. The second-order valence-electron chi connectivity index (χ2n) is 9.34. The Morgan fingerprint density at radius 1 is 0.914 bits per heavy atom. The van der Waals surface area contributed by atoms with Gasteiger partial charge in [-0.3, -0.25) is 14.2 Å². The number of anilines is 1. The van der Waals surface area contributed by atoms with Crippen molar-refractivity contribution in [3.8, 4) is 0 Å². The third kappa shape index (κ3) is 3.86. The van der Waals surface area contributed by atoms with Gasteiger partial charge in [0.2, 0.25) is 5.91 Å². The summed E-state index contributed by atoms with van der Waals surface area (Å²) in [6.07, 6.45) is 2.22. The summed E-state index contributed by atoms with van der Waals surface area (Å²) in [6, 6.07) is 23.4. The highest BCUT2D eigenvalue weighted by Crippen LogP contribution is 2.47. The van der Waals surface area contributed by atoms with Gasteiger partial charge in [0, 0.05) is 11.8 Å². The molecule has 0 bridgehead atoms. The van der Waals surface area contributed by atoms with Crippen LogP contribution in [-0.4, -0.2) is 24.6 Å². The topological polar surface area (TPSA) is 85.2 Å². The molecule has 3 aromatic carbocycles. The lowest BCUT2D eigenvalue weighted by molar-refractivity contribution is -0.118. The van der Waals surface area contributed by atoms with Crippen molar-refractivity contribution in [1.82, 2.24) is 4.57 Å². The Morgan fingerprint density at radius 3 is 2.40 bits per heavy atom. The molecule has 1 fully saturated rings. The number of sulfone groups is 1. The second-order valence-corrected chi connectivity index (χ2v) is 11.3. The zero-order chi connectivity index (χ0) is 24.2. The van der Waals surface area contributed by atoms with Crippen LogP contribution in [0.25, 0.3) is 10.8 Å². The van der Waals surface area contributed by atoms with E-state index in [2.05, 4.69) is 5.32 Å². The van der Waals surface area contributed by atoms with Crippen LogP contribution in [0.2, 0.25) is 0 Å². The molecule has 176 valence electrons. The van der Waals surface area contributed by atoms with Crippen molar-refractivity contribution in [2.45, 2.75) is 36.2 Å². The molecule has 1 aliphatic carbocycles. The standard InChI is InChI=1S/C28H24N2O4S/c31-25-16-21(15-20-9-6-8-18-7-4-5-12-23(18)20)26(19-13-14-19)28-30(25)24(17-35(28,33)34)27(32)29-22-10-2-1-3-11-22/h1-12,16,19,24H,13-15,17H2,(H,29,32). The summed E-state index contributed by atoms with van der Waals surface area (Å²) in [5.74, 6) is -0.810. The molecule has 0 spiro atoms. The molecule has 35 heavy (non-hydrogen) atoms. The van der Waals surface area contributed by atoms with Crippen LogP contribution >= 0.6 is 0 Å². The van der Waals surface area contributed by atoms with Crippen LogP contribution in [-0.2, 0) is 21.1 Å². The van der Waals surface area contributed by atoms with Crippen LogP contribution in [0.3, 0.4) is 0 Å². The number of rotatable bonds is 5. The van der Waals surface area contributed by atoms with Crippen molar-refractivity contribution in [1.29, 1.82) is 0 Å². The second kappa shape index (κ2) is 8.20. The smallest absolute Gasteiger partial charge is 0.252 e. The number of carbonyl (C=O) groups excluding carboxylic acids is 1. The number of benzene rings is 3. The number of fused-ring (bicyclic) bond motifs is 2. The summed E-state index contributed by atoms with van der Waals surface area (Å²) >= 11 is 0. The maximum absolute atomic E-state index is 13.4. The molecule has 0 radical (unpaired) electrons. The van der Waals surface area contributed by atoms with E-state index < -0.39 is 33.1 Å². The Balaban J connectivity index is 1.47. The maximum atomic E-state index is 13.4.